The highest BCUT2D eigenvalue weighted by Gasteiger charge is 2.23. The van der Waals surface area contributed by atoms with Crippen molar-refractivity contribution in [1.29, 1.82) is 0 Å². The third kappa shape index (κ3) is 2.39. The van der Waals surface area contributed by atoms with Crippen LogP contribution >= 0.6 is 0 Å². The Morgan fingerprint density at radius 1 is 0.469 bits per heavy atom. The van der Waals surface area contributed by atoms with Crippen LogP contribution in [0.5, 0.6) is 0 Å². The number of rotatable bonds is 2. The second-order valence-corrected chi connectivity index (χ2v) is 8.56. The van der Waals surface area contributed by atoms with E-state index in [2.05, 4.69) is 120 Å². The van der Waals surface area contributed by atoms with Gasteiger partial charge in [0.15, 0.2) is 0 Å². The van der Waals surface area contributed by atoms with Gasteiger partial charge < -0.3 is 4.57 Å². The summed E-state index contributed by atoms with van der Waals surface area (Å²) in [6.45, 7) is 0. The maximum atomic E-state index is 2.43. The quantitative estimate of drug-likeness (QED) is 0.273. The molecule has 0 aliphatic heterocycles. The summed E-state index contributed by atoms with van der Waals surface area (Å²) in [5.41, 5.74) is 12.0. The molecular weight excluding hydrogens is 386 g/mol. The van der Waals surface area contributed by atoms with Crippen LogP contribution in [0.2, 0.25) is 0 Å². The molecule has 5 aromatic carbocycles. The topological polar surface area (TPSA) is 4.93 Å². The maximum Gasteiger partial charge on any atom is 0.0619 e. The minimum Gasteiger partial charge on any atom is -0.309 e. The van der Waals surface area contributed by atoms with E-state index >= 15 is 0 Å². The zero-order chi connectivity index (χ0) is 21.1. The summed E-state index contributed by atoms with van der Waals surface area (Å²) in [6, 6.07) is 41.8. The highest BCUT2D eigenvalue weighted by atomic mass is 15.0. The third-order valence-corrected chi connectivity index (χ3v) is 6.85. The van der Waals surface area contributed by atoms with E-state index in [1.165, 1.54) is 60.9 Å². The van der Waals surface area contributed by atoms with Crippen LogP contribution in [0.15, 0.2) is 115 Å². The van der Waals surface area contributed by atoms with Gasteiger partial charge in [-0.15, -0.1) is 0 Å². The molecule has 0 bridgehead atoms. The molecule has 0 radical (unpaired) electrons. The Balaban J connectivity index is 1.60. The van der Waals surface area contributed by atoms with E-state index in [0.29, 0.717) is 0 Å². The molecule has 0 amide bonds. The van der Waals surface area contributed by atoms with Gasteiger partial charge in [-0.1, -0.05) is 97.1 Å². The first-order valence-electron chi connectivity index (χ1n) is 11.2. The first-order valence-corrected chi connectivity index (χ1v) is 11.2. The van der Waals surface area contributed by atoms with Gasteiger partial charge in [0.05, 0.1) is 11.0 Å². The van der Waals surface area contributed by atoms with Crippen molar-refractivity contribution in [2.45, 2.75) is 6.42 Å². The average molecular weight is 408 g/mol. The van der Waals surface area contributed by atoms with Crippen LogP contribution in [0, 0.1) is 0 Å². The molecule has 1 nitrogen and oxygen atoms in total. The molecule has 32 heavy (non-hydrogen) atoms. The Morgan fingerprint density at radius 3 is 2.00 bits per heavy atom. The van der Waals surface area contributed by atoms with Crippen LogP contribution in [0.25, 0.3) is 49.7 Å². The first-order chi connectivity index (χ1) is 15.9. The Labute approximate surface area is 187 Å². The minimum absolute atomic E-state index is 0.990. The minimum atomic E-state index is 0.990. The third-order valence-electron chi connectivity index (χ3n) is 6.85. The van der Waals surface area contributed by atoms with Crippen LogP contribution in [0.4, 0.5) is 0 Å². The summed E-state index contributed by atoms with van der Waals surface area (Å²) in [6.07, 6.45) is 0.990. The van der Waals surface area contributed by atoms with Crippen LogP contribution in [0.1, 0.15) is 11.1 Å². The van der Waals surface area contributed by atoms with Crippen molar-refractivity contribution in [3.8, 4) is 27.9 Å². The molecule has 1 aliphatic carbocycles. The van der Waals surface area contributed by atoms with E-state index in [0.717, 1.165) is 6.42 Å². The van der Waals surface area contributed by atoms with Crippen molar-refractivity contribution in [1.82, 2.24) is 4.57 Å². The standard InChI is InChI=1S/C31H21N/c1-2-11-22(12-3-1)32-30-19-7-6-14-26(30)28-18-9-17-27(31(28)32)25-16-8-15-24-23-13-5-4-10-21(23)20-29(24)25/h1-19H,20H2. The highest BCUT2D eigenvalue weighted by molar-refractivity contribution is 6.14. The Bertz CT molecular complexity index is 1640. The van der Waals surface area contributed by atoms with Gasteiger partial charge in [-0.25, -0.2) is 0 Å². The summed E-state index contributed by atoms with van der Waals surface area (Å²) in [5, 5.41) is 2.60. The molecule has 0 unspecified atom stereocenters. The Morgan fingerprint density at radius 2 is 1.09 bits per heavy atom. The van der Waals surface area contributed by atoms with E-state index in [9.17, 15) is 0 Å². The molecule has 0 saturated heterocycles. The van der Waals surface area contributed by atoms with Crippen LogP contribution in [-0.4, -0.2) is 4.57 Å². The van der Waals surface area contributed by atoms with Crippen LogP contribution in [-0.2, 0) is 6.42 Å². The fourth-order valence-electron chi connectivity index (χ4n) is 5.49. The normalized spacial score (nSPS) is 12.2. The number of benzene rings is 5. The lowest BCUT2D eigenvalue weighted by Gasteiger charge is -2.14. The number of fused-ring (bicyclic) bond motifs is 6. The van der Waals surface area contributed by atoms with Crippen molar-refractivity contribution in [3.05, 3.63) is 126 Å². The first kappa shape index (κ1) is 17.6. The molecule has 0 spiro atoms. The predicted molar refractivity (Wildman–Crippen MR) is 134 cm³/mol. The fraction of sp³-hybridized carbons (Fsp3) is 0.0323. The van der Waals surface area contributed by atoms with E-state index in [4.69, 9.17) is 0 Å². The van der Waals surface area contributed by atoms with E-state index in [1.807, 2.05) is 0 Å². The van der Waals surface area contributed by atoms with Crippen molar-refractivity contribution < 1.29 is 0 Å². The average Bonchev–Trinajstić information content (AvgIpc) is 3.41. The lowest BCUT2D eigenvalue weighted by atomic mass is 9.94. The van der Waals surface area contributed by atoms with Gasteiger partial charge in [0, 0.05) is 22.0 Å². The summed E-state index contributed by atoms with van der Waals surface area (Å²) in [4.78, 5) is 0. The van der Waals surface area contributed by atoms with Crippen molar-refractivity contribution in [2.75, 3.05) is 0 Å². The summed E-state index contributed by atoms with van der Waals surface area (Å²) in [5.74, 6) is 0. The Kier molecular flexibility index (Phi) is 3.68. The lowest BCUT2D eigenvalue weighted by Crippen LogP contribution is -1.96. The second kappa shape index (κ2) is 6.70. The SMILES string of the molecule is c1ccc(-n2c3ccccc3c3cccc(-c4cccc5c4Cc4ccccc4-5)c32)cc1. The lowest BCUT2D eigenvalue weighted by molar-refractivity contribution is 1.18. The van der Waals surface area contributed by atoms with Gasteiger partial charge in [0.25, 0.3) is 0 Å². The van der Waals surface area contributed by atoms with Gasteiger partial charge >= 0.3 is 0 Å². The molecule has 6 aromatic rings. The monoisotopic (exact) mass is 407 g/mol. The smallest absolute Gasteiger partial charge is 0.0619 e. The largest absolute Gasteiger partial charge is 0.309 e. The molecule has 0 atom stereocenters. The molecule has 0 fully saturated rings. The summed E-state index contributed by atoms with van der Waals surface area (Å²) in [7, 11) is 0. The number of nitrogens with zero attached hydrogens (tertiary/aromatic N) is 1. The number of para-hydroxylation sites is 3. The zero-order valence-corrected chi connectivity index (χ0v) is 17.6. The molecule has 1 heteroatoms. The Hall–Kier alpha value is -4.10. The van der Waals surface area contributed by atoms with Crippen molar-refractivity contribution in [2.24, 2.45) is 0 Å². The number of hydrogen-bond donors (Lipinski definition) is 0. The van der Waals surface area contributed by atoms with E-state index in [1.54, 1.807) is 0 Å². The van der Waals surface area contributed by atoms with Crippen molar-refractivity contribution >= 4 is 21.8 Å². The van der Waals surface area contributed by atoms with Gasteiger partial charge in [-0.2, -0.15) is 0 Å². The zero-order valence-electron chi connectivity index (χ0n) is 17.6. The van der Waals surface area contributed by atoms with E-state index in [-0.39, 0.29) is 0 Å². The van der Waals surface area contributed by atoms with Crippen LogP contribution < -0.4 is 0 Å². The molecule has 1 heterocycles. The molecule has 0 saturated carbocycles. The van der Waals surface area contributed by atoms with Gasteiger partial charge in [0.1, 0.15) is 0 Å². The van der Waals surface area contributed by atoms with Crippen molar-refractivity contribution in [3.63, 3.8) is 0 Å². The summed E-state index contributed by atoms with van der Waals surface area (Å²) >= 11 is 0. The van der Waals surface area contributed by atoms with Gasteiger partial charge in [-0.3, -0.25) is 0 Å². The fourth-order valence-corrected chi connectivity index (χ4v) is 5.49. The predicted octanol–water partition coefficient (Wildman–Crippen LogP) is 8.02. The van der Waals surface area contributed by atoms with Crippen LogP contribution in [0.3, 0.4) is 0 Å². The van der Waals surface area contributed by atoms with E-state index < -0.39 is 0 Å². The summed E-state index contributed by atoms with van der Waals surface area (Å²) < 4.78 is 2.43. The highest BCUT2D eigenvalue weighted by Crippen LogP contribution is 2.44. The maximum absolute atomic E-state index is 2.43. The number of hydrogen-bond acceptors (Lipinski definition) is 0. The van der Waals surface area contributed by atoms with Gasteiger partial charge in [-0.05, 0) is 52.4 Å². The molecule has 150 valence electrons. The van der Waals surface area contributed by atoms with Gasteiger partial charge in [0.2, 0.25) is 0 Å². The number of aromatic nitrogens is 1. The molecule has 7 rings (SSSR count). The molecule has 1 aromatic heterocycles. The molecule has 0 N–H and O–H groups in total. The second-order valence-electron chi connectivity index (χ2n) is 8.56. The molecule has 1 aliphatic rings. The molecular formula is C31H21N.